The summed E-state index contributed by atoms with van der Waals surface area (Å²) >= 11 is 3.49. The second kappa shape index (κ2) is 6.41. The van der Waals surface area contributed by atoms with Crippen molar-refractivity contribution in [3.8, 4) is 0 Å². The number of anilines is 2. The fourth-order valence-electron chi connectivity index (χ4n) is 2.17. The summed E-state index contributed by atoms with van der Waals surface area (Å²) in [6.45, 7) is 2.29. The van der Waals surface area contributed by atoms with Crippen LogP contribution in [0.3, 0.4) is 0 Å². The van der Waals surface area contributed by atoms with E-state index >= 15 is 0 Å². The number of aliphatic hydroxyl groups is 2. The molecule has 0 amide bonds. The molecule has 18 heavy (non-hydrogen) atoms. The van der Waals surface area contributed by atoms with E-state index < -0.39 is 6.10 Å². The van der Waals surface area contributed by atoms with Crippen molar-refractivity contribution in [3.63, 3.8) is 0 Å². The van der Waals surface area contributed by atoms with Crippen molar-refractivity contribution in [2.45, 2.75) is 18.9 Å². The monoisotopic (exact) mass is 314 g/mol. The number of aliphatic hydroxyl groups excluding tert-OH is 2. The Morgan fingerprint density at radius 3 is 2.72 bits per heavy atom. The standard InChI is InChI=1S/C13H19BrN2O2/c14-10-3-4-12(15-8-11(18)9-17)13(7-10)16-5-1-2-6-16/h3-4,7,11,15,17-18H,1-2,5-6,8-9H2. The molecule has 1 heterocycles. The Balaban J connectivity index is 2.12. The van der Waals surface area contributed by atoms with Gasteiger partial charge in [-0.15, -0.1) is 0 Å². The number of benzene rings is 1. The highest BCUT2D eigenvalue weighted by Crippen LogP contribution is 2.31. The van der Waals surface area contributed by atoms with Crippen LogP contribution >= 0.6 is 15.9 Å². The van der Waals surface area contributed by atoms with Crippen LogP contribution in [-0.4, -0.2) is 42.6 Å². The molecule has 100 valence electrons. The fourth-order valence-corrected chi connectivity index (χ4v) is 2.52. The minimum absolute atomic E-state index is 0.220. The molecule has 0 aromatic heterocycles. The molecule has 5 heteroatoms. The van der Waals surface area contributed by atoms with Gasteiger partial charge in [-0.1, -0.05) is 15.9 Å². The molecule has 1 aliphatic rings. The molecule has 1 unspecified atom stereocenters. The molecule has 1 atom stereocenters. The molecule has 1 aromatic rings. The summed E-state index contributed by atoms with van der Waals surface area (Å²) < 4.78 is 1.05. The molecule has 1 saturated heterocycles. The Labute approximate surface area is 116 Å². The lowest BCUT2D eigenvalue weighted by atomic mass is 10.2. The van der Waals surface area contributed by atoms with Gasteiger partial charge >= 0.3 is 0 Å². The molecule has 0 saturated carbocycles. The molecule has 0 spiro atoms. The first-order valence-corrected chi connectivity index (χ1v) is 7.07. The maximum Gasteiger partial charge on any atom is 0.0942 e. The van der Waals surface area contributed by atoms with Gasteiger partial charge in [0.05, 0.1) is 24.1 Å². The zero-order valence-corrected chi connectivity index (χ0v) is 11.9. The Morgan fingerprint density at radius 2 is 2.06 bits per heavy atom. The summed E-state index contributed by atoms with van der Waals surface area (Å²) in [7, 11) is 0. The van der Waals surface area contributed by atoms with E-state index in [-0.39, 0.29) is 6.61 Å². The minimum Gasteiger partial charge on any atom is -0.394 e. The van der Waals surface area contributed by atoms with Gasteiger partial charge < -0.3 is 20.4 Å². The van der Waals surface area contributed by atoms with Crippen LogP contribution in [0, 0.1) is 0 Å². The Morgan fingerprint density at radius 1 is 1.33 bits per heavy atom. The van der Waals surface area contributed by atoms with Crippen molar-refractivity contribution in [3.05, 3.63) is 22.7 Å². The van der Waals surface area contributed by atoms with E-state index in [1.165, 1.54) is 12.8 Å². The van der Waals surface area contributed by atoms with Crippen LogP contribution in [0.15, 0.2) is 22.7 Å². The van der Waals surface area contributed by atoms with E-state index in [1.807, 2.05) is 12.1 Å². The highest BCUT2D eigenvalue weighted by atomic mass is 79.9. The van der Waals surface area contributed by atoms with Gasteiger partial charge in [0.15, 0.2) is 0 Å². The molecule has 2 rings (SSSR count). The zero-order valence-electron chi connectivity index (χ0n) is 10.3. The van der Waals surface area contributed by atoms with Crippen molar-refractivity contribution >= 4 is 27.3 Å². The second-order valence-electron chi connectivity index (χ2n) is 4.57. The summed E-state index contributed by atoms with van der Waals surface area (Å²) in [5.74, 6) is 0. The van der Waals surface area contributed by atoms with E-state index in [0.29, 0.717) is 6.54 Å². The lowest BCUT2D eigenvalue weighted by Gasteiger charge is -2.23. The number of nitrogens with one attached hydrogen (secondary N) is 1. The van der Waals surface area contributed by atoms with Crippen molar-refractivity contribution < 1.29 is 10.2 Å². The normalized spacial score (nSPS) is 16.9. The minimum atomic E-state index is -0.722. The maximum atomic E-state index is 9.39. The van der Waals surface area contributed by atoms with Gasteiger partial charge in [-0.3, -0.25) is 0 Å². The summed E-state index contributed by atoms with van der Waals surface area (Å²) in [6.07, 6.45) is 1.73. The summed E-state index contributed by atoms with van der Waals surface area (Å²) in [5.41, 5.74) is 2.17. The molecular weight excluding hydrogens is 296 g/mol. The molecule has 1 aromatic carbocycles. The van der Waals surface area contributed by atoms with Gasteiger partial charge in [-0.05, 0) is 31.0 Å². The van der Waals surface area contributed by atoms with Crippen LogP contribution in [-0.2, 0) is 0 Å². The van der Waals surface area contributed by atoms with Gasteiger partial charge in [-0.2, -0.15) is 0 Å². The predicted molar refractivity (Wildman–Crippen MR) is 77.2 cm³/mol. The van der Waals surface area contributed by atoms with E-state index in [2.05, 4.69) is 32.2 Å². The van der Waals surface area contributed by atoms with Crippen LogP contribution in [0.2, 0.25) is 0 Å². The molecule has 0 aliphatic carbocycles. The summed E-state index contributed by atoms with van der Waals surface area (Å²) in [5, 5.41) is 21.4. The number of halogens is 1. The Bertz CT molecular complexity index is 395. The second-order valence-corrected chi connectivity index (χ2v) is 5.49. The number of hydrogen-bond acceptors (Lipinski definition) is 4. The van der Waals surface area contributed by atoms with Crippen LogP contribution in [0.4, 0.5) is 11.4 Å². The first-order valence-electron chi connectivity index (χ1n) is 6.28. The number of rotatable bonds is 5. The highest BCUT2D eigenvalue weighted by molar-refractivity contribution is 9.10. The third-order valence-electron chi connectivity index (χ3n) is 3.15. The molecule has 4 nitrogen and oxygen atoms in total. The van der Waals surface area contributed by atoms with Crippen molar-refractivity contribution in [1.29, 1.82) is 0 Å². The lowest BCUT2D eigenvalue weighted by molar-refractivity contribution is 0.105. The maximum absolute atomic E-state index is 9.39. The summed E-state index contributed by atoms with van der Waals surface area (Å²) in [4.78, 5) is 2.35. The Kier molecular flexibility index (Phi) is 4.86. The Hall–Kier alpha value is -0.780. The zero-order chi connectivity index (χ0) is 13.0. The smallest absolute Gasteiger partial charge is 0.0942 e. The fraction of sp³-hybridized carbons (Fsp3) is 0.538. The van der Waals surface area contributed by atoms with Crippen molar-refractivity contribution in [2.75, 3.05) is 36.5 Å². The SMILES string of the molecule is OCC(O)CNc1ccc(Br)cc1N1CCCC1. The van der Waals surface area contributed by atoms with Gasteiger partial charge in [0.1, 0.15) is 0 Å². The lowest BCUT2D eigenvalue weighted by Crippen LogP contribution is -2.25. The van der Waals surface area contributed by atoms with E-state index in [0.717, 1.165) is 28.9 Å². The van der Waals surface area contributed by atoms with Crippen LogP contribution in [0.25, 0.3) is 0 Å². The molecule has 0 radical (unpaired) electrons. The highest BCUT2D eigenvalue weighted by Gasteiger charge is 2.16. The van der Waals surface area contributed by atoms with Gasteiger partial charge in [-0.25, -0.2) is 0 Å². The van der Waals surface area contributed by atoms with Crippen LogP contribution in [0.1, 0.15) is 12.8 Å². The van der Waals surface area contributed by atoms with Crippen LogP contribution in [0.5, 0.6) is 0 Å². The third-order valence-corrected chi connectivity index (χ3v) is 3.64. The largest absolute Gasteiger partial charge is 0.394 e. The first-order chi connectivity index (χ1) is 8.70. The summed E-state index contributed by atoms with van der Waals surface area (Å²) in [6, 6.07) is 6.08. The van der Waals surface area contributed by atoms with Gasteiger partial charge in [0, 0.05) is 24.1 Å². The average molecular weight is 315 g/mol. The van der Waals surface area contributed by atoms with Crippen molar-refractivity contribution in [1.82, 2.24) is 0 Å². The quantitative estimate of drug-likeness (QED) is 0.776. The molecule has 3 N–H and O–H groups in total. The first kappa shape index (κ1) is 13.6. The number of hydrogen-bond donors (Lipinski definition) is 3. The van der Waals surface area contributed by atoms with Crippen LogP contribution < -0.4 is 10.2 Å². The van der Waals surface area contributed by atoms with Gasteiger partial charge in [0.25, 0.3) is 0 Å². The van der Waals surface area contributed by atoms with E-state index in [1.54, 1.807) is 0 Å². The van der Waals surface area contributed by atoms with E-state index in [4.69, 9.17) is 5.11 Å². The molecule has 1 aliphatic heterocycles. The average Bonchev–Trinajstić information content (AvgIpc) is 2.90. The third kappa shape index (κ3) is 3.37. The van der Waals surface area contributed by atoms with Gasteiger partial charge in [0.2, 0.25) is 0 Å². The molecular formula is C13H19BrN2O2. The van der Waals surface area contributed by atoms with Crippen molar-refractivity contribution in [2.24, 2.45) is 0 Å². The molecule has 0 bridgehead atoms. The number of nitrogens with zero attached hydrogens (tertiary/aromatic N) is 1. The topological polar surface area (TPSA) is 55.7 Å². The molecule has 1 fully saturated rings. The van der Waals surface area contributed by atoms with E-state index in [9.17, 15) is 5.11 Å². The predicted octanol–water partition coefficient (Wildman–Crippen LogP) is 1.81.